The van der Waals surface area contributed by atoms with E-state index in [0.29, 0.717) is 42.6 Å². The van der Waals surface area contributed by atoms with Crippen molar-refractivity contribution in [3.8, 4) is 5.75 Å². The highest BCUT2D eigenvalue weighted by Crippen LogP contribution is 2.37. The number of aromatic nitrogens is 1. The van der Waals surface area contributed by atoms with Gasteiger partial charge in [-0.05, 0) is 49.1 Å². The van der Waals surface area contributed by atoms with Crippen LogP contribution in [0.3, 0.4) is 0 Å². The van der Waals surface area contributed by atoms with Gasteiger partial charge in [0.15, 0.2) is 5.13 Å². The van der Waals surface area contributed by atoms with Crippen LogP contribution in [0.25, 0.3) is 0 Å². The van der Waals surface area contributed by atoms with Gasteiger partial charge < -0.3 is 19.9 Å². The van der Waals surface area contributed by atoms with E-state index >= 15 is 0 Å². The molecule has 1 aromatic heterocycles. The molecule has 2 aliphatic rings. The molecule has 1 aliphatic heterocycles. The molecular formula is C25H30N4O4S. The molecule has 9 heteroatoms. The van der Waals surface area contributed by atoms with Crippen LogP contribution in [0, 0.1) is 12.8 Å². The van der Waals surface area contributed by atoms with Gasteiger partial charge in [0.2, 0.25) is 11.8 Å². The van der Waals surface area contributed by atoms with Gasteiger partial charge >= 0.3 is 0 Å². The largest absolute Gasteiger partial charge is 0.496 e. The van der Waals surface area contributed by atoms with Gasteiger partial charge in [-0.2, -0.15) is 0 Å². The molecule has 1 N–H and O–H groups in total. The van der Waals surface area contributed by atoms with E-state index in [1.54, 1.807) is 23.1 Å². The third kappa shape index (κ3) is 4.99. The highest BCUT2D eigenvalue weighted by atomic mass is 32.1. The molecule has 0 radical (unpaired) electrons. The summed E-state index contributed by atoms with van der Waals surface area (Å²) in [5.41, 5.74) is 2.53. The van der Waals surface area contributed by atoms with Gasteiger partial charge in [0, 0.05) is 49.1 Å². The lowest BCUT2D eigenvalue weighted by Crippen LogP contribution is -2.50. The number of carbonyl (C=O) groups is 3. The van der Waals surface area contributed by atoms with Crippen LogP contribution in [-0.4, -0.2) is 65.8 Å². The van der Waals surface area contributed by atoms with Gasteiger partial charge in [-0.1, -0.05) is 13.5 Å². The molecule has 0 bridgehead atoms. The van der Waals surface area contributed by atoms with Crippen molar-refractivity contribution in [3.63, 3.8) is 0 Å². The van der Waals surface area contributed by atoms with E-state index in [1.165, 1.54) is 17.4 Å². The number of amides is 3. The van der Waals surface area contributed by atoms with Gasteiger partial charge in [-0.3, -0.25) is 14.4 Å². The fourth-order valence-electron chi connectivity index (χ4n) is 4.18. The van der Waals surface area contributed by atoms with Crippen molar-refractivity contribution in [3.05, 3.63) is 52.6 Å². The molecule has 8 nitrogen and oxygen atoms in total. The number of hydrogen-bond acceptors (Lipinski definition) is 6. The van der Waals surface area contributed by atoms with Crippen LogP contribution < -0.4 is 10.1 Å². The normalized spacial score (nSPS) is 16.7. The highest BCUT2D eigenvalue weighted by Gasteiger charge is 2.31. The van der Waals surface area contributed by atoms with E-state index in [0.717, 1.165) is 28.8 Å². The molecule has 1 atom stereocenters. The maximum absolute atomic E-state index is 13.4. The fraction of sp³-hybridized carbons (Fsp3) is 0.440. The van der Waals surface area contributed by atoms with Crippen molar-refractivity contribution in [2.45, 2.75) is 32.6 Å². The number of nitrogens with one attached hydrogen (secondary N) is 1. The zero-order valence-electron chi connectivity index (χ0n) is 19.8. The Morgan fingerprint density at radius 1 is 1.21 bits per heavy atom. The maximum atomic E-state index is 13.4. The maximum Gasteiger partial charge on any atom is 0.257 e. The van der Waals surface area contributed by atoms with E-state index in [9.17, 15) is 14.4 Å². The Balaban J connectivity index is 1.53. The fourth-order valence-corrected chi connectivity index (χ4v) is 5.07. The van der Waals surface area contributed by atoms with Crippen molar-refractivity contribution in [2.75, 3.05) is 38.6 Å². The SMILES string of the molecule is C=CC(=O)N1CCN(C(=O)c2cc(C(C)c3cnc(NC(=O)C4CC4)s3)c(C)cc2OC)CC1. The van der Waals surface area contributed by atoms with Crippen LogP contribution in [0.1, 0.15) is 52.0 Å². The number of benzene rings is 1. The van der Waals surface area contributed by atoms with Gasteiger partial charge in [0.1, 0.15) is 5.75 Å². The Kier molecular flexibility index (Phi) is 7.02. The first kappa shape index (κ1) is 23.9. The summed E-state index contributed by atoms with van der Waals surface area (Å²) in [6, 6.07) is 3.80. The topological polar surface area (TPSA) is 91.8 Å². The zero-order valence-corrected chi connectivity index (χ0v) is 20.6. The molecule has 1 aliphatic carbocycles. The summed E-state index contributed by atoms with van der Waals surface area (Å²) in [5, 5.41) is 3.51. The molecule has 2 aromatic rings. The van der Waals surface area contributed by atoms with Crippen LogP contribution in [0.15, 0.2) is 31.0 Å². The first-order chi connectivity index (χ1) is 16.3. The molecular weight excluding hydrogens is 452 g/mol. The second-order valence-electron chi connectivity index (χ2n) is 8.78. The molecule has 2 fully saturated rings. The number of thiazole rings is 1. The summed E-state index contributed by atoms with van der Waals surface area (Å²) in [6.07, 6.45) is 4.99. The first-order valence-electron chi connectivity index (χ1n) is 11.5. The number of methoxy groups -OCH3 is 1. The summed E-state index contributed by atoms with van der Waals surface area (Å²) < 4.78 is 5.55. The van der Waals surface area contributed by atoms with Crippen LogP contribution in [0.5, 0.6) is 5.75 Å². The Bertz CT molecular complexity index is 1120. The predicted octanol–water partition coefficient (Wildman–Crippen LogP) is 3.43. The highest BCUT2D eigenvalue weighted by molar-refractivity contribution is 7.15. The molecule has 180 valence electrons. The first-order valence-corrected chi connectivity index (χ1v) is 12.3. The standard InChI is InChI=1S/C25H30N4O4S/c1-5-22(30)28-8-10-29(11-9-28)24(32)19-13-18(15(2)12-20(19)33-4)16(3)21-14-26-25(34-21)27-23(31)17-6-7-17/h5,12-14,16-17H,1,6-11H2,2-4H3,(H,26,27,31). The Morgan fingerprint density at radius 2 is 1.88 bits per heavy atom. The molecule has 1 saturated carbocycles. The molecule has 1 unspecified atom stereocenters. The lowest BCUT2D eigenvalue weighted by Gasteiger charge is -2.34. The average molecular weight is 483 g/mol. The van der Waals surface area contributed by atoms with Gasteiger partial charge in [-0.25, -0.2) is 4.98 Å². The minimum absolute atomic E-state index is 0.0106. The van der Waals surface area contributed by atoms with E-state index in [2.05, 4.69) is 23.8 Å². The minimum atomic E-state index is -0.117. The molecule has 1 aromatic carbocycles. The molecule has 34 heavy (non-hydrogen) atoms. The number of rotatable bonds is 7. The van der Waals surface area contributed by atoms with E-state index in [4.69, 9.17) is 4.74 Å². The van der Waals surface area contributed by atoms with Crippen molar-refractivity contribution in [1.82, 2.24) is 14.8 Å². The number of ether oxygens (including phenoxy) is 1. The second kappa shape index (κ2) is 9.97. The molecule has 2 heterocycles. The van der Waals surface area contributed by atoms with Crippen molar-refractivity contribution in [1.29, 1.82) is 0 Å². The quantitative estimate of drug-likeness (QED) is 0.611. The van der Waals surface area contributed by atoms with Crippen LogP contribution >= 0.6 is 11.3 Å². The van der Waals surface area contributed by atoms with Crippen molar-refractivity contribution < 1.29 is 19.1 Å². The average Bonchev–Trinajstić information content (AvgIpc) is 3.61. The second-order valence-corrected chi connectivity index (χ2v) is 9.85. The van der Waals surface area contributed by atoms with Gasteiger partial charge in [-0.15, -0.1) is 11.3 Å². The van der Waals surface area contributed by atoms with Crippen LogP contribution in [0.2, 0.25) is 0 Å². The molecule has 0 spiro atoms. The minimum Gasteiger partial charge on any atom is -0.496 e. The summed E-state index contributed by atoms with van der Waals surface area (Å²) in [4.78, 5) is 46.2. The number of hydrogen-bond donors (Lipinski definition) is 1. The third-order valence-corrected chi connectivity index (χ3v) is 7.56. The third-order valence-electron chi connectivity index (χ3n) is 6.47. The molecule has 4 rings (SSSR count). The monoisotopic (exact) mass is 482 g/mol. The van der Waals surface area contributed by atoms with Gasteiger partial charge in [0.05, 0.1) is 12.7 Å². The number of aryl methyl sites for hydroxylation is 1. The Morgan fingerprint density at radius 3 is 2.50 bits per heavy atom. The number of anilines is 1. The zero-order chi connectivity index (χ0) is 24.4. The number of nitrogens with zero attached hydrogens (tertiary/aromatic N) is 3. The van der Waals surface area contributed by atoms with Crippen molar-refractivity contribution in [2.24, 2.45) is 5.92 Å². The summed E-state index contributed by atoms with van der Waals surface area (Å²) in [6.45, 7) is 9.47. The molecule has 1 saturated heterocycles. The van der Waals surface area contributed by atoms with E-state index in [-0.39, 0.29) is 29.6 Å². The summed E-state index contributed by atoms with van der Waals surface area (Å²) in [7, 11) is 1.56. The number of carbonyl (C=O) groups excluding carboxylic acids is 3. The van der Waals surface area contributed by atoms with E-state index < -0.39 is 0 Å². The lowest BCUT2D eigenvalue weighted by atomic mass is 9.92. The van der Waals surface area contributed by atoms with Crippen LogP contribution in [-0.2, 0) is 9.59 Å². The Hall–Kier alpha value is -3.20. The Labute approximate surface area is 203 Å². The summed E-state index contributed by atoms with van der Waals surface area (Å²) in [5.74, 6) is 0.454. The van der Waals surface area contributed by atoms with Gasteiger partial charge in [0.25, 0.3) is 5.91 Å². The molecule has 3 amide bonds. The van der Waals surface area contributed by atoms with E-state index in [1.807, 2.05) is 19.1 Å². The van der Waals surface area contributed by atoms with Crippen molar-refractivity contribution >= 4 is 34.2 Å². The predicted molar refractivity (Wildman–Crippen MR) is 131 cm³/mol. The summed E-state index contributed by atoms with van der Waals surface area (Å²) >= 11 is 1.46. The smallest absolute Gasteiger partial charge is 0.257 e. The number of piperazine rings is 1. The van der Waals surface area contributed by atoms with Crippen LogP contribution in [0.4, 0.5) is 5.13 Å². The lowest BCUT2D eigenvalue weighted by molar-refractivity contribution is -0.127.